The van der Waals surface area contributed by atoms with Gasteiger partial charge in [0.25, 0.3) is 0 Å². The van der Waals surface area contributed by atoms with Gasteiger partial charge in [-0.05, 0) is 12.1 Å². The summed E-state index contributed by atoms with van der Waals surface area (Å²) in [4.78, 5) is 16.6. The minimum atomic E-state index is -4.46. The smallest absolute Gasteiger partial charge is 0.400 e. The molecule has 7 heteroatoms. The van der Waals surface area contributed by atoms with Crippen molar-refractivity contribution in [3.63, 3.8) is 0 Å². The average molecular weight is 222 g/mol. The lowest BCUT2D eigenvalue weighted by Gasteiger charge is -2.03. The third-order valence-electron chi connectivity index (χ3n) is 1.00. The van der Waals surface area contributed by atoms with E-state index in [1.807, 2.05) is 0 Å². The van der Waals surface area contributed by atoms with Crippen LogP contribution in [-0.2, 0) is 8.54 Å². The van der Waals surface area contributed by atoms with Gasteiger partial charge in [-0.15, -0.1) is 0 Å². The lowest BCUT2D eigenvalue weighted by Crippen LogP contribution is -1.84. The molecule has 5 nitrogen and oxygen atoms in total. The Kier molecular flexibility index (Phi) is 3.77. The molecular formula is C6H7O5PS. The predicted molar refractivity (Wildman–Crippen MR) is 47.8 cm³/mol. The van der Waals surface area contributed by atoms with E-state index in [9.17, 15) is 4.57 Å². The quantitative estimate of drug-likeness (QED) is 0.596. The Labute approximate surface area is 79.3 Å². The summed E-state index contributed by atoms with van der Waals surface area (Å²) in [7, 11) is -4.46. The molecule has 0 atom stereocenters. The summed E-state index contributed by atoms with van der Waals surface area (Å²) in [6.07, 6.45) is 0. The molecule has 2 N–H and O–H groups in total. The highest BCUT2D eigenvalue weighted by molar-refractivity contribution is 7.93. The van der Waals surface area contributed by atoms with Gasteiger partial charge < -0.3 is 14.0 Å². The number of para-hydroxylation sites is 1. The van der Waals surface area contributed by atoms with Crippen molar-refractivity contribution < 1.29 is 22.5 Å². The summed E-state index contributed by atoms with van der Waals surface area (Å²) in [6, 6.07) is 8.52. The Morgan fingerprint density at radius 3 is 2.38 bits per heavy atom. The molecule has 13 heavy (non-hydrogen) atoms. The Morgan fingerprint density at radius 1 is 1.23 bits per heavy atom. The molecule has 72 valence electrons. The predicted octanol–water partition coefficient (Wildman–Crippen LogP) is 1.74. The first-order valence-electron chi connectivity index (χ1n) is 3.21. The van der Waals surface area contributed by atoms with Crippen LogP contribution in [0.15, 0.2) is 30.3 Å². The van der Waals surface area contributed by atoms with Gasteiger partial charge in [0.05, 0.1) is 0 Å². The molecule has 1 aromatic carbocycles. The molecule has 0 amide bonds. The molecule has 0 fully saturated rings. The van der Waals surface area contributed by atoms with Gasteiger partial charge in [0.2, 0.25) is 12.3 Å². The van der Waals surface area contributed by atoms with E-state index in [1.165, 1.54) is 0 Å². The van der Waals surface area contributed by atoms with Crippen molar-refractivity contribution in [1.29, 1.82) is 0 Å². The first-order chi connectivity index (χ1) is 6.08. The Bertz CT molecular complexity index is 297. The molecule has 0 spiro atoms. The zero-order valence-corrected chi connectivity index (χ0v) is 8.07. The minimum Gasteiger partial charge on any atom is -0.400 e. The minimum absolute atomic E-state index is 0.250. The monoisotopic (exact) mass is 222 g/mol. The van der Waals surface area contributed by atoms with Crippen LogP contribution in [0.4, 0.5) is 0 Å². The third-order valence-corrected chi connectivity index (χ3v) is 2.28. The van der Waals surface area contributed by atoms with Gasteiger partial charge in [-0.25, -0.2) is 4.57 Å². The van der Waals surface area contributed by atoms with Crippen LogP contribution in [0.1, 0.15) is 0 Å². The molecule has 0 saturated carbocycles. The van der Waals surface area contributed by atoms with Crippen LogP contribution in [0.5, 0.6) is 5.75 Å². The summed E-state index contributed by atoms with van der Waals surface area (Å²) in [5.41, 5.74) is 0. The summed E-state index contributed by atoms with van der Waals surface area (Å²) in [5, 5.41) is 0. The van der Waals surface area contributed by atoms with Gasteiger partial charge in [0, 0.05) is 0 Å². The molecule has 0 aliphatic rings. The highest BCUT2D eigenvalue weighted by atomic mass is 32.2. The zero-order chi connectivity index (χ0) is 9.73. The van der Waals surface area contributed by atoms with E-state index in [0.717, 1.165) is 0 Å². The SMILES string of the molecule is O=P(O)(O)OSOc1ccccc1. The number of hydrogen-bond donors (Lipinski definition) is 2. The molecular weight excluding hydrogens is 215 g/mol. The number of rotatable bonds is 4. The van der Waals surface area contributed by atoms with Crippen LogP contribution in [0.2, 0.25) is 0 Å². The van der Waals surface area contributed by atoms with E-state index in [1.54, 1.807) is 30.3 Å². The van der Waals surface area contributed by atoms with Gasteiger partial charge in [0.15, 0.2) is 0 Å². The topological polar surface area (TPSA) is 76.0 Å². The van der Waals surface area contributed by atoms with Crippen LogP contribution >= 0.6 is 20.1 Å². The molecule has 0 radical (unpaired) electrons. The largest absolute Gasteiger partial charge is 0.483 e. The van der Waals surface area contributed by atoms with Gasteiger partial charge in [-0.3, -0.25) is 0 Å². The van der Waals surface area contributed by atoms with Crippen LogP contribution in [0, 0.1) is 0 Å². The van der Waals surface area contributed by atoms with Crippen LogP contribution in [-0.4, -0.2) is 9.79 Å². The second-order valence-corrected chi connectivity index (χ2v) is 3.91. The fourth-order valence-electron chi connectivity index (χ4n) is 0.570. The fraction of sp³-hybridized carbons (Fsp3) is 0. The van der Waals surface area contributed by atoms with Crippen molar-refractivity contribution in [2.24, 2.45) is 0 Å². The maximum atomic E-state index is 10.2. The molecule has 0 aliphatic carbocycles. The zero-order valence-electron chi connectivity index (χ0n) is 6.36. The molecule has 0 unspecified atom stereocenters. The Balaban J connectivity index is 2.33. The van der Waals surface area contributed by atoms with Gasteiger partial charge in [-0.1, -0.05) is 18.2 Å². The summed E-state index contributed by atoms with van der Waals surface area (Å²) in [5.74, 6) is 0.459. The first kappa shape index (κ1) is 10.6. The highest BCUT2D eigenvalue weighted by Crippen LogP contribution is 2.41. The van der Waals surface area contributed by atoms with Gasteiger partial charge in [-0.2, -0.15) is 3.97 Å². The van der Waals surface area contributed by atoms with E-state index >= 15 is 0 Å². The molecule has 0 aromatic heterocycles. The Hall–Kier alpha value is -0.520. The number of benzene rings is 1. The second-order valence-electron chi connectivity index (χ2n) is 2.03. The number of phosphoric acid groups is 1. The fourth-order valence-corrected chi connectivity index (χ4v) is 1.20. The molecule has 1 rings (SSSR count). The van der Waals surface area contributed by atoms with Crippen LogP contribution in [0.25, 0.3) is 0 Å². The van der Waals surface area contributed by atoms with Crippen LogP contribution in [0.3, 0.4) is 0 Å². The van der Waals surface area contributed by atoms with E-state index in [2.05, 4.69) is 3.97 Å². The maximum absolute atomic E-state index is 10.2. The van der Waals surface area contributed by atoms with E-state index in [4.69, 9.17) is 14.0 Å². The first-order valence-corrected chi connectivity index (χ1v) is 5.41. The van der Waals surface area contributed by atoms with Gasteiger partial charge >= 0.3 is 7.82 Å². The van der Waals surface area contributed by atoms with Crippen molar-refractivity contribution in [2.75, 3.05) is 0 Å². The lowest BCUT2D eigenvalue weighted by molar-refractivity contribution is 0.293. The third kappa shape index (κ3) is 4.92. The van der Waals surface area contributed by atoms with E-state index in [-0.39, 0.29) is 12.3 Å². The lowest BCUT2D eigenvalue weighted by atomic mass is 10.3. The Morgan fingerprint density at radius 2 is 1.85 bits per heavy atom. The van der Waals surface area contributed by atoms with Crippen LogP contribution < -0.4 is 4.18 Å². The molecule has 0 heterocycles. The van der Waals surface area contributed by atoms with Crippen molar-refractivity contribution in [1.82, 2.24) is 0 Å². The molecule has 0 saturated heterocycles. The van der Waals surface area contributed by atoms with Crippen molar-refractivity contribution >= 4 is 20.1 Å². The van der Waals surface area contributed by atoms with Crippen molar-refractivity contribution in [3.8, 4) is 5.75 Å². The van der Waals surface area contributed by atoms with Crippen molar-refractivity contribution in [3.05, 3.63) is 30.3 Å². The standard InChI is InChI=1S/C6H7O5PS/c7-12(8,9)11-13-10-6-4-2-1-3-5-6/h1-5H,(H2,7,8,9). The van der Waals surface area contributed by atoms with Crippen molar-refractivity contribution in [2.45, 2.75) is 0 Å². The molecule has 0 aliphatic heterocycles. The maximum Gasteiger partial charge on any atom is 0.483 e. The van der Waals surface area contributed by atoms with E-state index < -0.39 is 7.82 Å². The molecule has 1 aromatic rings. The van der Waals surface area contributed by atoms with Gasteiger partial charge in [0.1, 0.15) is 5.75 Å². The summed E-state index contributed by atoms with van der Waals surface area (Å²) in [6.45, 7) is 0. The molecule has 0 bridgehead atoms. The normalized spacial score (nSPS) is 11.2. The average Bonchev–Trinajstić information content (AvgIpc) is 2.04. The highest BCUT2D eigenvalue weighted by Gasteiger charge is 2.15. The summed E-state index contributed by atoms with van der Waals surface area (Å²) < 4.78 is 19.0. The second kappa shape index (κ2) is 4.64. The number of hydrogen-bond acceptors (Lipinski definition) is 4. The summed E-state index contributed by atoms with van der Waals surface area (Å²) >= 11 is 0.250. The van der Waals surface area contributed by atoms with E-state index in [0.29, 0.717) is 5.75 Å².